The average molecular weight is 347 g/mol. The maximum atomic E-state index is 12.0. The number of rotatable bonds is 4. The van der Waals surface area contributed by atoms with Gasteiger partial charge in [-0.15, -0.1) is 0 Å². The SMILES string of the molecule is CCOC(=O)c1ccc(NC(=O)/C=C2\SC(=NC)N(C)C2=O)cc1. The monoisotopic (exact) mass is 347 g/mol. The first-order valence-electron chi connectivity index (χ1n) is 7.18. The van der Waals surface area contributed by atoms with Gasteiger partial charge in [-0.3, -0.25) is 19.5 Å². The lowest BCUT2D eigenvalue weighted by atomic mass is 10.2. The van der Waals surface area contributed by atoms with Crippen molar-refractivity contribution < 1.29 is 19.1 Å². The van der Waals surface area contributed by atoms with Crippen molar-refractivity contribution in [3.05, 3.63) is 40.8 Å². The van der Waals surface area contributed by atoms with Crippen LogP contribution in [0.3, 0.4) is 0 Å². The Labute approximate surface area is 143 Å². The van der Waals surface area contributed by atoms with E-state index < -0.39 is 11.9 Å². The number of benzene rings is 1. The molecule has 0 spiro atoms. The second kappa shape index (κ2) is 7.78. The number of ether oxygens (including phenoxy) is 1. The quantitative estimate of drug-likeness (QED) is 0.664. The molecule has 0 saturated carbocycles. The van der Waals surface area contributed by atoms with Crippen molar-refractivity contribution in [3.8, 4) is 0 Å². The minimum absolute atomic E-state index is 0.270. The molecule has 1 fully saturated rings. The van der Waals surface area contributed by atoms with Crippen molar-refractivity contribution in [2.45, 2.75) is 6.92 Å². The van der Waals surface area contributed by atoms with E-state index in [1.54, 1.807) is 45.3 Å². The van der Waals surface area contributed by atoms with Gasteiger partial charge in [-0.05, 0) is 43.0 Å². The predicted molar refractivity (Wildman–Crippen MR) is 92.8 cm³/mol. The smallest absolute Gasteiger partial charge is 0.338 e. The minimum atomic E-state index is -0.430. The number of likely N-dealkylation sites (N-methyl/N-ethyl adjacent to an activating group) is 1. The summed E-state index contributed by atoms with van der Waals surface area (Å²) in [5.74, 6) is -1.12. The molecule has 1 aliphatic heterocycles. The largest absolute Gasteiger partial charge is 0.462 e. The van der Waals surface area contributed by atoms with Gasteiger partial charge in [-0.2, -0.15) is 0 Å². The first-order valence-corrected chi connectivity index (χ1v) is 8.00. The Hall–Kier alpha value is -2.61. The second-order valence-corrected chi connectivity index (χ2v) is 5.78. The fourth-order valence-corrected chi connectivity index (χ4v) is 2.85. The molecule has 1 aliphatic rings. The molecule has 0 radical (unpaired) electrons. The molecular formula is C16H17N3O4S. The summed E-state index contributed by atoms with van der Waals surface area (Å²) < 4.78 is 4.89. The number of esters is 1. The van der Waals surface area contributed by atoms with Gasteiger partial charge in [0.05, 0.1) is 17.1 Å². The van der Waals surface area contributed by atoms with Crippen LogP contribution in [0.5, 0.6) is 0 Å². The van der Waals surface area contributed by atoms with Crippen LogP contribution in [-0.2, 0) is 14.3 Å². The van der Waals surface area contributed by atoms with Gasteiger partial charge in [-0.25, -0.2) is 4.79 Å². The predicted octanol–water partition coefficient (Wildman–Crippen LogP) is 1.88. The molecule has 0 unspecified atom stereocenters. The normalized spacial score (nSPS) is 17.5. The molecule has 0 aromatic heterocycles. The van der Waals surface area contributed by atoms with E-state index in [0.29, 0.717) is 27.9 Å². The van der Waals surface area contributed by atoms with Crippen molar-refractivity contribution in [3.63, 3.8) is 0 Å². The van der Waals surface area contributed by atoms with E-state index in [2.05, 4.69) is 10.3 Å². The van der Waals surface area contributed by atoms with Crippen molar-refractivity contribution in [2.24, 2.45) is 4.99 Å². The third-order valence-electron chi connectivity index (χ3n) is 3.12. The van der Waals surface area contributed by atoms with Crippen molar-refractivity contribution in [2.75, 3.05) is 26.0 Å². The van der Waals surface area contributed by atoms with Crippen molar-refractivity contribution in [1.82, 2.24) is 4.90 Å². The van der Waals surface area contributed by atoms with Crippen LogP contribution in [0.2, 0.25) is 0 Å². The fraction of sp³-hybridized carbons (Fsp3) is 0.250. The standard InChI is InChI=1S/C16H17N3O4S/c1-4-23-15(22)10-5-7-11(8-6-10)18-13(20)9-12-14(21)19(3)16(17-2)24-12/h5-9H,4H2,1-3H3,(H,18,20)/b12-9-,17-16?. The number of amidine groups is 1. The van der Waals surface area contributed by atoms with Crippen LogP contribution >= 0.6 is 11.8 Å². The summed E-state index contributed by atoms with van der Waals surface area (Å²) in [6.07, 6.45) is 1.24. The molecular weight excluding hydrogens is 330 g/mol. The van der Waals surface area contributed by atoms with Gasteiger partial charge >= 0.3 is 5.97 Å². The summed E-state index contributed by atoms with van der Waals surface area (Å²) in [5.41, 5.74) is 0.915. The van der Waals surface area contributed by atoms with Crippen LogP contribution in [0.4, 0.5) is 5.69 Å². The van der Waals surface area contributed by atoms with Crippen LogP contribution < -0.4 is 5.32 Å². The molecule has 0 aliphatic carbocycles. The number of amides is 2. The third kappa shape index (κ3) is 4.02. The molecule has 2 rings (SSSR count). The van der Waals surface area contributed by atoms with Gasteiger partial charge in [0.15, 0.2) is 5.17 Å². The summed E-state index contributed by atoms with van der Waals surface area (Å²) in [6.45, 7) is 2.03. The number of thioether (sulfide) groups is 1. The van der Waals surface area contributed by atoms with E-state index in [1.165, 1.54) is 11.0 Å². The summed E-state index contributed by atoms with van der Waals surface area (Å²) in [6, 6.07) is 6.31. The molecule has 2 amide bonds. The highest BCUT2D eigenvalue weighted by molar-refractivity contribution is 8.18. The first kappa shape index (κ1) is 17.7. The van der Waals surface area contributed by atoms with Gasteiger partial charge in [0.25, 0.3) is 5.91 Å². The number of anilines is 1. The second-order valence-electron chi connectivity index (χ2n) is 4.77. The average Bonchev–Trinajstić information content (AvgIpc) is 2.83. The van der Waals surface area contributed by atoms with Crippen LogP contribution in [0.1, 0.15) is 17.3 Å². The van der Waals surface area contributed by atoms with Crippen LogP contribution in [0.25, 0.3) is 0 Å². The number of aliphatic imine (C=N–C) groups is 1. The summed E-state index contributed by atoms with van der Waals surface area (Å²) in [5, 5.41) is 3.18. The number of carbonyl (C=O) groups is 3. The Balaban J connectivity index is 2.04. The summed E-state index contributed by atoms with van der Waals surface area (Å²) in [7, 11) is 3.19. The zero-order valence-electron chi connectivity index (χ0n) is 13.5. The molecule has 126 valence electrons. The Bertz CT molecular complexity index is 725. The number of hydrogen-bond acceptors (Lipinski definition) is 6. The summed E-state index contributed by atoms with van der Waals surface area (Å²) >= 11 is 1.14. The lowest BCUT2D eigenvalue weighted by Crippen LogP contribution is -2.24. The van der Waals surface area contributed by atoms with Crippen molar-refractivity contribution >= 4 is 40.4 Å². The fourth-order valence-electron chi connectivity index (χ4n) is 1.95. The Morgan fingerprint density at radius 3 is 2.54 bits per heavy atom. The zero-order chi connectivity index (χ0) is 17.7. The molecule has 1 aromatic rings. The van der Waals surface area contributed by atoms with E-state index in [9.17, 15) is 14.4 Å². The molecule has 1 saturated heterocycles. The molecule has 1 aromatic carbocycles. The van der Waals surface area contributed by atoms with Crippen LogP contribution in [-0.4, -0.2) is 48.6 Å². The highest BCUT2D eigenvalue weighted by atomic mass is 32.2. The van der Waals surface area contributed by atoms with E-state index in [0.717, 1.165) is 11.8 Å². The number of nitrogens with one attached hydrogen (secondary N) is 1. The van der Waals surface area contributed by atoms with Crippen LogP contribution in [0.15, 0.2) is 40.2 Å². The lowest BCUT2D eigenvalue weighted by molar-refractivity contribution is -0.121. The molecule has 7 nitrogen and oxygen atoms in total. The number of carbonyl (C=O) groups excluding carboxylic acids is 3. The topological polar surface area (TPSA) is 88.1 Å². The maximum Gasteiger partial charge on any atom is 0.338 e. The molecule has 8 heteroatoms. The number of hydrogen-bond donors (Lipinski definition) is 1. The third-order valence-corrected chi connectivity index (χ3v) is 4.27. The first-order chi connectivity index (χ1) is 11.5. The van der Waals surface area contributed by atoms with Gasteiger partial charge < -0.3 is 10.1 Å². The van der Waals surface area contributed by atoms with Crippen molar-refractivity contribution in [1.29, 1.82) is 0 Å². The van der Waals surface area contributed by atoms with E-state index in [-0.39, 0.29) is 5.91 Å². The highest BCUT2D eigenvalue weighted by Crippen LogP contribution is 2.29. The molecule has 24 heavy (non-hydrogen) atoms. The molecule has 0 bridgehead atoms. The van der Waals surface area contributed by atoms with E-state index >= 15 is 0 Å². The number of nitrogens with zero attached hydrogens (tertiary/aromatic N) is 2. The molecule has 0 atom stereocenters. The van der Waals surface area contributed by atoms with E-state index in [4.69, 9.17) is 4.74 Å². The van der Waals surface area contributed by atoms with Gasteiger partial charge in [-0.1, -0.05) is 0 Å². The highest BCUT2D eigenvalue weighted by Gasteiger charge is 2.30. The van der Waals surface area contributed by atoms with E-state index in [1.807, 2.05) is 0 Å². The lowest BCUT2D eigenvalue weighted by Gasteiger charge is -2.05. The Morgan fingerprint density at radius 2 is 2.00 bits per heavy atom. The minimum Gasteiger partial charge on any atom is -0.462 e. The maximum absolute atomic E-state index is 12.0. The van der Waals surface area contributed by atoms with Crippen LogP contribution in [0, 0.1) is 0 Å². The Morgan fingerprint density at radius 1 is 1.33 bits per heavy atom. The molecule has 1 heterocycles. The summed E-state index contributed by atoms with van der Waals surface area (Å²) in [4.78, 5) is 41.2. The Kier molecular flexibility index (Phi) is 5.75. The molecule has 1 N–H and O–H groups in total. The van der Waals surface area contributed by atoms with Gasteiger partial charge in [0, 0.05) is 25.9 Å². The zero-order valence-corrected chi connectivity index (χ0v) is 14.3. The van der Waals surface area contributed by atoms with Gasteiger partial charge in [0.2, 0.25) is 5.91 Å². The van der Waals surface area contributed by atoms with Gasteiger partial charge in [0.1, 0.15) is 0 Å².